The molecule has 5 N–H and O–H groups in total. The van der Waals surface area contributed by atoms with Crippen molar-refractivity contribution < 1.29 is 44.5 Å². The van der Waals surface area contributed by atoms with Crippen molar-refractivity contribution in [1.82, 2.24) is 0 Å². The largest absolute Gasteiger partial charge is 0.504 e. The molecule has 9 heteroatoms. The first-order valence-corrected chi connectivity index (χ1v) is 11.5. The van der Waals surface area contributed by atoms with E-state index in [0.717, 1.165) is 5.56 Å². The molecular weight excluding hydrogens is 468 g/mol. The highest BCUT2D eigenvalue weighted by Gasteiger charge is 2.36. The summed E-state index contributed by atoms with van der Waals surface area (Å²) in [4.78, 5) is 0. The Morgan fingerprint density at radius 3 is 1.89 bits per heavy atom. The van der Waals surface area contributed by atoms with E-state index in [1.807, 2.05) is 6.07 Å². The van der Waals surface area contributed by atoms with E-state index in [-0.39, 0.29) is 31.3 Å². The summed E-state index contributed by atoms with van der Waals surface area (Å²) in [6.45, 7) is -0.712. The van der Waals surface area contributed by atoms with Gasteiger partial charge in [0.15, 0.2) is 58.9 Å². The van der Waals surface area contributed by atoms with Crippen molar-refractivity contribution in [1.29, 1.82) is 0 Å². The molecule has 3 aromatic rings. The third-order valence-electron chi connectivity index (χ3n) is 6.11. The molecule has 0 spiro atoms. The van der Waals surface area contributed by atoms with Crippen LogP contribution >= 0.6 is 0 Å². The first-order chi connectivity index (χ1) is 17.5. The van der Waals surface area contributed by atoms with Crippen LogP contribution in [0.4, 0.5) is 0 Å². The summed E-state index contributed by atoms with van der Waals surface area (Å²) in [7, 11) is 0. The van der Waals surface area contributed by atoms with Crippen molar-refractivity contribution in [3.8, 4) is 34.5 Å². The number of benzene rings is 3. The van der Waals surface area contributed by atoms with Crippen LogP contribution in [0.1, 0.15) is 28.9 Å². The Morgan fingerprint density at radius 2 is 1.19 bits per heavy atom. The fraction of sp³-hybridized carbons (Fsp3) is 0.259. The van der Waals surface area contributed by atoms with Gasteiger partial charge in [-0.15, -0.1) is 0 Å². The number of hydrogen-bond acceptors (Lipinski definition) is 9. The number of phenols is 2. The van der Waals surface area contributed by atoms with Gasteiger partial charge in [-0.05, 0) is 42.0 Å². The van der Waals surface area contributed by atoms with Crippen molar-refractivity contribution >= 4 is 6.08 Å². The third kappa shape index (κ3) is 4.51. The van der Waals surface area contributed by atoms with Crippen LogP contribution in [0.5, 0.6) is 34.5 Å². The van der Waals surface area contributed by atoms with Crippen LogP contribution < -0.4 is 18.9 Å². The van der Waals surface area contributed by atoms with E-state index in [0.29, 0.717) is 34.1 Å². The summed E-state index contributed by atoms with van der Waals surface area (Å²) in [6, 6.07) is 14.9. The Bertz CT molecular complexity index is 1270. The molecule has 5 rings (SSSR count). The number of ether oxygens (including phenoxy) is 4. The fourth-order valence-corrected chi connectivity index (χ4v) is 4.32. The minimum absolute atomic E-state index is 0.0789. The monoisotopic (exact) mass is 494 g/mol. The van der Waals surface area contributed by atoms with Gasteiger partial charge in [-0.25, -0.2) is 0 Å². The number of hydrogen-bond donors (Lipinski definition) is 5. The number of fused-ring (bicyclic) bond motifs is 2. The summed E-state index contributed by atoms with van der Waals surface area (Å²) >= 11 is 0. The molecule has 0 bridgehead atoms. The third-order valence-corrected chi connectivity index (χ3v) is 6.11. The smallest absolute Gasteiger partial charge is 0.163 e. The number of aliphatic hydroxyl groups excluding tert-OH is 3. The van der Waals surface area contributed by atoms with Crippen LogP contribution in [0, 0.1) is 0 Å². The second kappa shape index (κ2) is 9.98. The first-order valence-electron chi connectivity index (χ1n) is 11.5. The van der Waals surface area contributed by atoms with Crippen LogP contribution in [0.25, 0.3) is 6.08 Å². The molecule has 0 amide bonds. The van der Waals surface area contributed by atoms with Gasteiger partial charge in [0.2, 0.25) is 0 Å². The van der Waals surface area contributed by atoms with Crippen LogP contribution in [-0.2, 0) is 0 Å². The zero-order chi connectivity index (χ0) is 25.2. The summed E-state index contributed by atoms with van der Waals surface area (Å²) in [6.07, 6.45) is 0.588. The molecule has 2 aliphatic rings. The van der Waals surface area contributed by atoms with Gasteiger partial charge in [0.25, 0.3) is 0 Å². The molecule has 4 atom stereocenters. The molecule has 36 heavy (non-hydrogen) atoms. The van der Waals surface area contributed by atoms with E-state index in [2.05, 4.69) is 0 Å². The van der Waals surface area contributed by atoms with E-state index in [1.54, 1.807) is 48.6 Å². The van der Waals surface area contributed by atoms with E-state index >= 15 is 0 Å². The maximum atomic E-state index is 9.97. The maximum Gasteiger partial charge on any atom is 0.163 e. The van der Waals surface area contributed by atoms with Crippen LogP contribution in [-0.4, -0.2) is 57.6 Å². The molecule has 2 unspecified atom stereocenters. The van der Waals surface area contributed by atoms with Gasteiger partial charge in [-0.1, -0.05) is 30.4 Å². The zero-order valence-electron chi connectivity index (χ0n) is 19.2. The van der Waals surface area contributed by atoms with E-state index in [4.69, 9.17) is 24.1 Å². The summed E-state index contributed by atoms with van der Waals surface area (Å²) in [5.41, 5.74) is 2.04. The first kappa shape index (κ1) is 23.8. The predicted molar refractivity (Wildman–Crippen MR) is 129 cm³/mol. The molecule has 2 heterocycles. The lowest BCUT2D eigenvalue weighted by molar-refractivity contribution is -0.0174. The molecule has 9 nitrogen and oxygen atoms in total. The normalized spacial score (nSPS) is 22.5. The Labute approximate surface area is 207 Å². The molecule has 0 saturated heterocycles. The van der Waals surface area contributed by atoms with Gasteiger partial charge < -0.3 is 44.5 Å². The van der Waals surface area contributed by atoms with Gasteiger partial charge in [-0.2, -0.15) is 0 Å². The number of aromatic hydroxyl groups is 2. The van der Waals surface area contributed by atoms with Gasteiger partial charge in [-0.3, -0.25) is 0 Å². The molecule has 0 saturated carbocycles. The second-order valence-corrected chi connectivity index (χ2v) is 8.50. The Morgan fingerprint density at radius 1 is 0.611 bits per heavy atom. The highest BCUT2D eigenvalue weighted by molar-refractivity contribution is 5.57. The van der Waals surface area contributed by atoms with Gasteiger partial charge >= 0.3 is 0 Å². The molecule has 0 radical (unpaired) electrons. The molecule has 2 aliphatic heterocycles. The lowest BCUT2D eigenvalue weighted by Crippen LogP contribution is -2.37. The molecule has 188 valence electrons. The van der Waals surface area contributed by atoms with Gasteiger partial charge in [0.05, 0.1) is 19.8 Å². The standard InChI is InChI=1S/C27H26O9/c28-9-1-2-15-3-7-20-22(10-15)36-27(24(13-29)33-20)17-5-8-21-23(12-17)34-25(14-30)26(35-21)16-4-6-18(31)19(32)11-16/h1-8,10-12,24-32H,9,13-14H2/b2-1+/t24-,25-,26?,27?/m1/s1. The minimum atomic E-state index is -0.768. The quantitative estimate of drug-likeness (QED) is 0.328. The number of rotatable bonds is 6. The lowest BCUT2D eigenvalue weighted by Gasteiger charge is -2.36. The SMILES string of the molecule is OC/C=C/c1ccc2c(c1)OC(c1ccc3c(c1)O[C@H](CO)C(c1ccc(O)c(O)c1)O3)[C@@H](CO)O2. The predicted octanol–water partition coefficient (Wildman–Crippen LogP) is 2.85. The number of phenolic OH excluding ortho intramolecular Hbond substituents is 2. The zero-order valence-corrected chi connectivity index (χ0v) is 19.2. The molecule has 0 aliphatic carbocycles. The van der Waals surface area contributed by atoms with E-state index < -0.39 is 24.4 Å². The summed E-state index contributed by atoms with van der Waals surface area (Å²) < 4.78 is 24.3. The molecule has 0 aromatic heterocycles. The average Bonchev–Trinajstić information content (AvgIpc) is 2.91. The Hall–Kier alpha value is -3.92. The highest BCUT2D eigenvalue weighted by atomic mass is 16.6. The Kier molecular flexibility index (Phi) is 6.60. The highest BCUT2D eigenvalue weighted by Crippen LogP contribution is 2.45. The average molecular weight is 494 g/mol. The van der Waals surface area contributed by atoms with Gasteiger partial charge in [0, 0.05) is 11.1 Å². The summed E-state index contributed by atoms with van der Waals surface area (Å²) in [5.74, 6) is 1.26. The molecular formula is C27H26O9. The maximum absolute atomic E-state index is 9.97. The van der Waals surface area contributed by atoms with Crippen molar-refractivity contribution in [3.63, 3.8) is 0 Å². The van der Waals surface area contributed by atoms with E-state index in [9.17, 15) is 20.4 Å². The van der Waals surface area contributed by atoms with Crippen LogP contribution in [0.15, 0.2) is 60.7 Å². The van der Waals surface area contributed by atoms with Crippen molar-refractivity contribution in [2.75, 3.05) is 19.8 Å². The molecule has 0 fully saturated rings. The van der Waals surface area contributed by atoms with Gasteiger partial charge in [0.1, 0.15) is 0 Å². The van der Waals surface area contributed by atoms with Crippen molar-refractivity contribution in [2.45, 2.75) is 24.4 Å². The summed E-state index contributed by atoms with van der Waals surface area (Å²) in [5, 5.41) is 48.4. The van der Waals surface area contributed by atoms with Crippen LogP contribution in [0.3, 0.4) is 0 Å². The Balaban J connectivity index is 1.43. The van der Waals surface area contributed by atoms with E-state index in [1.165, 1.54) is 12.1 Å². The fourth-order valence-electron chi connectivity index (χ4n) is 4.32. The molecule has 3 aromatic carbocycles. The minimum Gasteiger partial charge on any atom is -0.504 e. The van der Waals surface area contributed by atoms with Crippen molar-refractivity contribution in [3.05, 3.63) is 77.4 Å². The topological polar surface area (TPSA) is 138 Å². The second-order valence-electron chi connectivity index (χ2n) is 8.50. The van der Waals surface area contributed by atoms with Crippen molar-refractivity contribution in [2.24, 2.45) is 0 Å². The van der Waals surface area contributed by atoms with Crippen LogP contribution in [0.2, 0.25) is 0 Å². The number of aliphatic hydroxyl groups is 3. The lowest BCUT2D eigenvalue weighted by atomic mass is 10.00.